The predicted molar refractivity (Wildman–Crippen MR) is 101 cm³/mol. The largest absolute Gasteiger partial charge is 0.388 e. The number of carbonyl (C=O) groups excluding carboxylic acids is 1. The molecule has 0 spiro atoms. The number of hydrazine groups is 1. The Morgan fingerprint density at radius 3 is 3.04 bits per heavy atom. The first-order valence-electron chi connectivity index (χ1n) is 8.53. The average molecular weight is 371 g/mol. The van der Waals surface area contributed by atoms with Gasteiger partial charge in [-0.2, -0.15) is 0 Å². The van der Waals surface area contributed by atoms with E-state index in [-0.39, 0.29) is 18.6 Å². The Bertz CT molecular complexity index is 908. The molecule has 0 bridgehead atoms. The summed E-state index contributed by atoms with van der Waals surface area (Å²) >= 11 is 1.74. The lowest BCUT2D eigenvalue weighted by molar-refractivity contribution is 0.0783. The average Bonchev–Trinajstić information content (AvgIpc) is 3.39. The van der Waals surface area contributed by atoms with Gasteiger partial charge in [0.2, 0.25) is 0 Å². The Morgan fingerprint density at radius 1 is 1.38 bits per heavy atom. The summed E-state index contributed by atoms with van der Waals surface area (Å²) in [6.45, 7) is 0.472. The molecule has 0 aliphatic carbocycles. The SMILES string of the molecule is CN(CC1CC(c2cccs2)NN1)C(=O)c1ccc2nc(CO)[nH]c2c1. The molecule has 0 radical (unpaired) electrons. The molecule has 3 aromatic rings. The molecule has 1 aliphatic rings. The number of aliphatic hydroxyl groups is 1. The van der Waals surface area contributed by atoms with E-state index in [1.165, 1.54) is 4.88 Å². The maximum atomic E-state index is 12.8. The molecule has 2 unspecified atom stereocenters. The van der Waals surface area contributed by atoms with Crippen molar-refractivity contribution in [3.63, 3.8) is 0 Å². The fourth-order valence-electron chi connectivity index (χ4n) is 3.32. The number of H-pyrrole nitrogens is 1. The molecular formula is C18H21N5O2S. The Labute approximate surface area is 155 Å². The molecule has 0 saturated carbocycles. The molecule has 3 heterocycles. The lowest BCUT2D eigenvalue weighted by Gasteiger charge is -2.21. The monoisotopic (exact) mass is 371 g/mol. The van der Waals surface area contributed by atoms with Crippen molar-refractivity contribution < 1.29 is 9.90 Å². The number of imidazole rings is 1. The van der Waals surface area contributed by atoms with Gasteiger partial charge >= 0.3 is 0 Å². The van der Waals surface area contributed by atoms with Gasteiger partial charge in [-0.05, 0) is 36.1 Å². The van der Waals surface area contributed by atoms with Gasteiger partial charge in [0, 0.05) is 30.1 Å². The molecule has 4 N–H and O–H groups in total. The van der Waals surface area contributed by atoms with Crippen LogP contribution in [0, 0.1) is 0 Å². The minimum Gasteiger partial charge on any atom is -0.388 e. The second-order valence-corrected chi connectivity index (χ2v) is 7.53. The van der Waals surface area contributed by atoms with Crippen molar-refractivity contribution in [2.45, 2.75) is 25.1 Å². The second-order valence-electron chi connectivity index (χ2n) is 6.55. The number of nitrogens with zero attached hydrogens (tertiary/aromatic N) is 2. The number of fused-ring (bicyclic) bond motifs is 1. The van der Waals surface area contributed by atoms with Crippen LogP contribution in [0.1, 0.15) is 33.5 Å². The van der Waals surface area contributed by atoms with Crippen LogP contribution in [0.2, 0.25) is 0 Å². The number of aromatic amines is 1. The number of aromatic nitrogens is 2. The number of carbonyl (C=O) groups is 1. The molecule has 1 saturated heterocycles. The molecule has 1 aliphatic heterocycles. The van der Waals surface area contributed by atoms with Gasteiger partial charge in [-0.25, -0.2) is 10.4 Å². The molecule has 4 rings (SSSR count). The van der Waals surface area contributed by atoms with Crippen LogP contribution in [-0.2, 0) is 6.61 Å². The van der Waals surface area contributed by atoms with Crippen LogP contribution in [0.5, 0.6) is 0 Å². The minimum absolute atomic E-state index is 0.0339. The topological polar surface area (TPSA) is 93.3 Å². The molecular weight excluding hydrogens is 350 g/mol. The number of benzene rings is 1. The quantitative estimate of drug-likeness (QED) is 0.549. The Kier molecular flexibility index (Phi) is 4.73. The minimum atomic E-state index is -0.149. The lowest BCUT2D eigenvalue weighted by atomic mass is 10.1. The predicted octanol–water partition coefficient (Wildman–Crippen LogP) is 1.80. The highest BCUT2D eigenvalue weighted by Gasteiger charge is 2.27. The van der Waals surface area contributed by atoms with Crippen LogP contribution in [0.15, 0.2) is 35.7 Å². The maximum absolute atomic E-state index is 12.8. The van der Waals surface area contributed by atoms with Gasteiger partial charge in [-0.1, -0.05) is 6.07 Å². The summed E-state index contributed by atoms with van der Waals surface area (Å²) in [4.78, 5) is 23.1. The summed E-state index contributed by atoms with van der Waals surface area (Å²) in [5.41, 5.74) is 8.71. The van der Waals surface area contributed by atoms with Crippen molar-refractivity contribution in [1.82, 2.24) is 25.7 Å². The fourth-order valence-corrected chi connectivity index (χ4v) is 4.11. The summed E-state index contributed by atoms with van der Waals surface area (Å²) in [7, 11) is 1.82. The smallest absolute Gasteiger partial charge is 0.253 e. The normalized spacial score (nSPS) is 19.9. The van der Waals surface area contributed by atoms with E-state index in [0.29, 0.717) is 24.0 Å². The first kappa shape index (κ1) is 17.2. The molecule has 2 aromatic heterocycles. The third kappa shape index (κ3) is 3.36. The zero-order valence-electron chi connectivity index (χ0n) is 14.4. The lowest BCUT2D eigenvalue weighted by Crippen LogP contribution is -2.41. The molecule has 8 heteroatoms. The van der Waals surface area contributed by atoms with E-state index in [1.807, 2.05) is 7.05 Å². The van der Waals surface area contributed by atoms with E-state index >= 15 is 0 Å². The van der Waals surface area contributed by atoms with Crippen LogP contribution in [0.25, 0.3) is 11.0 Å². The van der Waals surface area contributed by atoms with Crippen molar-refractivity contribution in [2.24, 2.45) is 0 Å². The molecule has 26 heavy (non-hydrogen) atoms. The molecule has 2 atom stereocenters. The van der Waals surface area contributed by atoms with Gasteiger partial charge in [-0.3, -0.25) is 10.2 Å². The van der Waals surface area contributed by atoms with E-state index < -0.39 is 0 Å². The van der Waals surface area contributed by atoms with Crippen molar-refractivity contribution >= 4 is 28.3 Å². The summed E-state index contributed by atoms with van der Waals surface area (Å²) < 4.78 is 0. The van der Waals surface area contributed by atoms with Gasteiger partial charge in [-0.15, -0.1) is 11.3 Å². The maximum Gasteiger partial charge on any atom is 0.253 e. The summed E-state index contributed by atoms with van der Waals surface area (Å²) in [5, 5.41) is 11.3. The van der Waals surface area contributed by atoms with Crippen molar-refractivity contribution in [3.05, 3.63) is 52.0 Å². The second kappa shape index (κ2) is 7.16. The third-order valence-electron chi connectivity index (χ3n) is 4.64. The van der Waals surface area contributed by atoms with E-state index in [4.69, 9.17) is 0 Å². The molecule has 1 aromatic carbocycles. The number of likely N-dealkylation sites (N-methyl/N-ethyl adjacent to an activating group) is 1. The Morgan fingerprint density at radius 2 is 2.27 bits per heavy atom. The number of aliphatic hydroxyl groups excluding tert-OH is 1. The number of hydrogen-bond donors (Lipinski definition) is 4. The highest BCUT2D eigenvalue weighted by atomic mass is 32.1. The van der Waals surface area contributed by atoms with Crippen LogP contribution in [0.3, 0.4) is 0 Å². The summed E-state index contributed by atoms with van der Waals surface area (Å²) in [6, 6.07) is 10.0. The third-order valence-corrected chi connectivity index (χ3v) is 5.62. The van der Waals surface area contributed by atoms with Crippen LogP contribution >= 0.6 is 11.3 Å². The highest BCUT2D eigenvalue weighted by Crippen LogP contribution is 2.26. The molecule has 7 nitrogen and oxygen atoms in total. The van der Waals surface area contributed by atoms with Gasteiger partial charge in [0.25, 0.3) is 5.91 Å². The van der Waals surface area contributed by atoms with Crippen LogP contribution < -0.4 is 10.9 Å². The summed E-state index contributed by atoms with van der Waals surface area (Å²) in [5.74, 6) is 0.465. The number of amides is 1. The van der Waals surface area contributed by atoms with Crippen molar-refractivity contribution in [1.29, 1.82) is 0 Å². The first-order valence-corrected chi connectivity index (χ1v) is 9.41. The fraction of sp³-hybridized carbons (Fsp3) is 0.333. The van der Waals surface area contributed by atoms with Gasteiger partial charge in [0.1, 0.15) is 12.4 Å². The number of hydrogen-bond acceptors (Lipinski definition) is 6. The first-order chi connectivity index (χ1) is 12.6. The van der Waals surface area contributed by atoms with E-state index in [2.05, 4.69) is 38.3 Å². The van der Waals surface area contributed by atoms with E-state index in [0.717, 1.165) is 17.5 Å². The summed E-state index contributed by atoms with van der Waals surface area (Å²) in [6.07, 6.45) is 0.942. The zero-order chi connectivity index (χ0) is 18.1. The highest BCUT2D eigenvalue weighted by molar-refractivity contribution is 7.10. The van der Waals surface area contributed by atoms with E-state index in [1.54, 1.807) is 34.4 Å². The van der Waals surface area contributed by atoms with Crippen LogP contribution in [0.4, 0.5) is 0 Å². The standard InChI is InChI=1S/C18H21N5O2S/c1-23(9-12-8-15(22-21-12)16-3-2-6-26-16)18(25)11-4-5-13-14(7-11)20-17(10-24)19-13/h2-7,12,15,21-22,24H,8-10H2,1H3,(H,19,20). The molecule has 136 valence electrons. The van der Waals surface area contributed by atoms with Gasteiger partial charge < -0.3 is 15.0 Å². The van der Waals surface area contributed by atoms with E-state index in [9.17, 15) is 9.90 Å². The number of rotatable bonds is 5. The Balaban J connectivity index is 1.41. The molecule has 1 amide bonds. The van der Waals surface area contributed by atoms with Gasteiger partial charge in [0.15, 0.2) is 0 Å². The molecule has 1 fully saturated rings. The van der Waals surface area contributed by atoms with Crippen molar-refractivity contribution in [2.75, 3.05) is 13.6 Å². The van der Waals surface area contributed by atoms with Gasteiger partial charge in [0.05, 0.1) is 17.1 Å². The number of thiophene rings is 1. The van der Waals surface area contributed by atoms with Crippen LogP contribution in [-0.4, -0.2) is 45.5 Å². The van der Waals surface area contributed by atoms with Crippen molar-refractivity contribution in [3.8, 4) is 0 Å². The zero-order valence-corrected chi connectivity index (χ0v) is 15.2. The number of nitrogens with one attached hydrogen (secondary N) is 3. The Hall–Kier alpha value is -2.26.